The predicted molar refractivity (Wildman–Crippen MR) is 61.3 cm³/mol. The molecule has 1 atom stereocenters. The van der Waals surface area contributed by atoms with Gasteiger partial charge in [-0.1, -0.05) is 42.5 Å². The number of fused-ring (bicyclic) bond motifs is 1. The van der Waals surface area contributed by atoms with Crippen molar-refractivity contribution in [2.24, 2.45) is 5.73 Å². The maximum Gasteiger partial charge on any atom is 0.00511 e. The highest BCUT2D eigenvalue weighted by atomic mass is 14.6. The van der Waals surface area contributed by atoms with Gasteiger partial charge in [0.2, 0.25) is 0 Å². The molecule has 2 rings (SSSR count). The van der Waals surface area contributed by atoms with E-state index in [9.17, 15) is 0 Å². The molecule has 1 heteroatoms. The Morgan fingerprint density at radius 3 is 2.57 bits per heavy atom. The molecule has 2 aromatic carbocycles. The van der Waals surface area contributed by atoms with E-state index in [-0.39, 0.29) is 6.04 Å². The quantitative estimate of drug-likeness (QED) is 0.765. The first-order chi connectivity index (χ1) is 6.77. The summed E-state index contributed by atoms with van der Waals surface area (Å²) < 4.78 is 0. The summed E-state index contributed by atoms with van der Waals surface area (Å²) in [7, 11) is 0. The minimum absolute atomic E-state index is 0.223. The SMILES string of the molecule is C[C@H](N)Cc1cccc2ccccc12. The van der Waals surface area contributed by atoms with E-state index in [0.29, 0.717) is 0 Å². The van der Waals surface area contributed by atoms with Crippen molar-refractivity contribution in [2.75, 3.05) is 0 Å². The van der Waals surface area contributed by atoms with E-state index >= 15 is 0 Å². The summed E-state index contributed by atoms with van der Waals surface area (Å²) >= 11 is 0. The number of hydrogen-bond donors (Lipinski definition) is 1. The molecule has 0 unspecified atom stereocenters. The molecule has 0 fully saturated rings. The summed E-state index contributed by atoms with van der Waals surface area (Å²) in [6.45, 7) is 2.04. The van der Waals surface area contributed by atoms with Gasteiger partial charge in [-0.3, -0.25) is 0 Å². The van der Waals surface area contributed by atoms with Crippen molar-refractivity contribution in [1.29, 1.82) is 0 Å². The van der Waals surface area contributed by atoms with Gasteiger partial charge in [-0.05, 0) is 29.7 Å². The van der Waals surface area contributed by atoms with Crippen LogP contribution in [0.1, 0.15) is 12.5 Å². The minimum Gasteiger partial charge on any atom is -0.328 e. The molecule has 0 aliphatic rings. The van der Waals surface area contributed by atoms with Crippen molar-refractivity contribution >= 4 is 10.8 Å². The minimum atomic E-state index is 0.223. The zero-order chi connectivity index (χ0) is 9.97. The molecule has 0 spiro atoms. The zero-order valence-corrected chi connectivity index (χ0v) is 8.40. The summed E-state index contributed by atoms with van der Waals surface area (Å²) in [5.74, 6) is 0. The second-order valence-corrected chi connectivity index (χ2v) is 3.82. The second kappa shape index (κ2) is 3.81. The standard InChI is InChI=1S/C13H15N/c1-10(14)9-12-7-4-6-11-5-2-3-8-13(11)12/h2-8,10H,9,14H2,1H3/t10-/m0/s1. The molecule has 0 bridgehead atoms. The average Bonchev–Trinajstić information content (AvgIpc) is 2.18. The lowest BCUT2D eigenvalue weighted by Gasteiger charge is -2.08. The van der Waals surface area contributed by atoms with Gasteiger partial charge in [-0.25, -0.2) is 0 Å². The van der Waals surface area contributed by atoms with Crippen LogP contribution in [0, 0.1) is 0 Å². The molecule has 0 heterocycles. The first-order valence-corrected chi connectivity index (χ1v) is 4.99. The fourth-order valence-electron chi connectivity index (χ4n) is 1.82. The molecule has 0 aliphatic carbocycles. The molecule has 0 saturated carbocycles. The summed E-state index contributed by atoms with van der Waals surface area (Å²) in [4.78, 5) is 0. The number of benzene rings is 2. The molecular formula is C13H15N. The lowest BCUT2D eigenvalue weighted by molar-refractivity contribution is 0.742. The molecule has 0 amide bonds. The zero-order valence-electron chi connectivity index (χ0n) is 8.40. The van der Waals surface area contributed by atoms with Crippen LogP contribution in [0.25, 0.3) is 10.8 Å². The van der Waals surface area contributed by atoms with E-state index in [2.05, 4.69) is 42.5 Å². The van der Waals surface area contributed by atoms with Crippen LogP contribution in [0.2, 0.25) is 0 Å². The highest BCUT2D eigenvalue weighted by Crippen LogP contribution is 2.19. The van der Waals surface area contributed by atoms with Crippen LogP contribution in [0.15, 0.2) is 42.5 Å². The lowest BCUT2D eigenvalue weighted by Crippen LogP contribution is -2.17. The van der Waals surface area contributed by atoms with E-state index < -0.39 is 0 Å². The molecule has 72 valence electrons. The van der Waals surface area contributed by atoms with Crippen LogP contribution < -0.4 is 5.73 Å². The molecule has 2 N–H and O–H groups in total. The van der Waals surface area contributed by atoms with Crippen LogP contribution in [0.5, 0.6) is 0 Å². The molecule has 0 aromatic heterocycles. The topological polar surface area (TPSA) is 26.0 Å². The molecule has 0 saturated heterocycles. The monoisotopic (exact) mass is 185 g/mol. The summed E-state index contributed by atoms with van der Waals surface area (Å²) in [6, 6.07) is 15.1. The van der Waals surface area contributed by atoms with Crippen molar-refractivity contribution in [3.05, 3.63) is 48.0 Å². The van der Waals surface area contributed by atoms with Gasteiger partial charge in [0.05, 0.1) is 0 Å². The Morgan fingerprint density at radius 1 is 1.07 bits per heavy atom. The van der Waals surface area contributed by atoms with Gasteiger partial charge in [-0.2, -0.15) is 0 Å². The van der Waals surface area contributed by atoms with Gasteiger partial charge in [0.1, 0.15) is 0 Å². The van der Waals surface area contributed by atoms with Crippen molar-refractivity contribution < 1.29 is 0 Å². The normalized spacial score (nSPS) is 13.0. The Kier molecular flexibility index (Phi) is 2.51. The van der Waals surface area contributed by atoms with Crippen LogP contribution >= 0.6 is 0 Å². The molecule has 0 radical (unpaired) electrons. The third kappa shape index (κ3) is 1.78. The van der Waals surface area contributed by atoms with Crippen molar-refractivity contribution in [3.8, 4) is 0 Å². The maximum atomic E-state index is 5.82. The Bertz CT molecular complexity index is 427. The number of rotatable bonds is 2. The molecular weight excluding hydrogens is 170 g/mol. The maximum absolute atomic E-state index is 5.82. The van der Waals surface area contributed by atoms with E-state index in [0.717, 1.165) is 6.42 Å². The smallest absolute Gasteiger partial charge is 0.00511 e. The first-order valence-electron chi connectivity index (χ1n) is 4.99. The van der Waals surface area contributed by atoms with Crippen molar-refractivity contribution in [1.82, 2.24) is 0 Å². The van der Waals surface area contributed by atoms with E-state index in [1.807, 2.05) is 6.92 Å². The average molecular weight is 185 g/mol. The number of nitrogens with two attached hydrogens (primary N) is 1. The Morgan fingerprint density at radius 2 is 1.79 bits per heavy atom. The van der Waals surface area contributed by atoms with Crippen LogP contribution in [0.3, 0.4) is 0 Å². The predicted octanol–water partition coefficient (Wildman–Crippen LogP) is 2.73. The lowest BCUT2D eigenvalue weighted by atomic mass is 10.00. The Labute approximate surface area is 84.5 Å². The van der Waals surface area contributed by atoms with E-state index in [4.69, 9.17) is 5.73 Å². The molecule has 14 heavy (non-hydrogen) atoms. The van der Waals surface area contributed by atoms with Crippen LogP contribution in [-0.4, -0.2) is 6.04 Å². The first kappa shape index (κ1) is 9.22. The Balaban J connectivity index is 2.53. The fraction of sp³-hybridized carbons (Fsp3) is 0.231. The van der Waals surface area contributed by atoms with Gasteiger partial charge in [0.25, 0.3) is 0 Å². The summed E-state index contributed by atoms with van der Waals surface area (Å²) in [5.41, 5.74) is 7.16. The molecule has 2 aromatic rings. The molecule has 0 aliphatic heterocycles. The van der Waals surface area contributed by atoms with Crippen molar-refractivity contribution in [2.45, 2.75) is 19.4 Å². The van der Waals surface area contributed by atoms with Crippen molar-refractivity contribution in [3.63, 3.8) is 0 Å². The highest BCUT2D eigenvalue weighted by molar-refractivity contribution is 5.85. The second-order valence-electron chi connectivity index (χ2n) is 3.82. The van der Waals surface area contributed by atoms with Gasteiger partial charge >= 0.3 is 0 Å². The van der Waals surface area contributed by atoms with Gasteiger partial charge in [0.15, 0.2) is 0 Å². The van der Waals surface area contributed by atoms with E-state index in [1.165, 1.54) is 16.3 Å². The summed E-state index contributed by atoms with van der Waals surface area (Å²) in [5, 5.41) is 2.62. The van der Waals surface area contributed by atoms with Gasteiger partial charge in [0, 0.05) is 6.04 Å². The highest BCUT2D eigenvalue weighted by Gasteiger charge is 2.01. The van der Waals surface area contributed by atoms with Gasteiger partial charge < -0.3 is 5.73 Å². The number of hydrogen-bond acceptors (Lipinski definition) is 1. The third-order valence-corrected chi connectivity index (χ3v) is 2.42. The largest absolute Gasteiger partial charge is 0.328 e. The summed E-state index contributed by atoms with van der Waals surface area (Å²) in [6.07, 6.45) is 0.946. The van der Waals surface area contributed by atoms with Crippen LogP contribution in [0.4, 0.5) is 0 Å². The Hall–Kier alpha value is -1.34. The van der Waals surface area contributed by atoms with Crippen LogP contribution in [-0.2, 0) is 6.42 Å². The third-order valence-electron chi connectivity index (χ3n) is 2.42. The van der Waals surface area contributed by atoms with Gasteiger partial charge in [-0.15, -0.1) is 0 Å². The fourth-order valence-corrected chi connectivity index (χ4v) is 1.82. The van der Waals surface area contributed by atoms with E-state index in [1.54, 1.807) is 0 Å². The molecule has 1 nitrogen and oxygen atoms in total.